The van der Waals surface area contributed by atoms with Crippen LogP contribution in [0, 0.1) is 13.8 Å². The first-order valence-electron chi connectivity index (χ1n) is 15.9. The van der Waals surface area contributed by atoms with E-state index in [4.69, 9.17) is 34.6 Å². The van der Waals surface area contributed by atoms with E-state index in [1.165, 1.54) is 40.7 Å². The molecule has 3 N–H and O–H groups in total. The first-order chi connectivity index (χ1) is 21.9. The molecule has 0 spiro atoms. The second-order valence-corrected chi connectivity index (χ2v) is 12.1. The lowest BCUT2D eigenvalue weighted by atomic mass is 9.92. The Labute approximate surface area is 266 Å². The molecule has 2 aliphatic carbocycles. The second kappa shape index (κ2) is 13.5. The van der Waals surface area contributed by atoms with E-state index in [0.717, 1.165) is 40.7 Å². The number of nitrogens with two attached hydrogens (primary N) is 1. The molecule has 2 aromatic heterocycles. The van der Waals surface area contributed by atoms with Crippen molar-refractivity contribution in [2.45, 2.75) is 77.7 Å². The zero-order valence-electron chi connectivity index (χ0n) is 27.0. The monoisotopic (exact) mass is 608 g/mol. The number of pyridine rings is 2. The fourth-order valence-corrected chi connectivity index (χ4v) is 6.06. The van der Waals surface area contributed by atoms with E-state index in [9.17, 15) is 0 Å². The lowest BCUT2D eigenvalue weighted by Crippen LogP contribution is -2.10. The number of hydrogen-bond acceptors (Lipinski definition) is 8. The number of methoxy groups -OCH3 is 2. The van der Waals surface area contributed by atoms with Gasteiger partial charge in [-0.2, -0.15) is 9.97 Å². The summed E-state index contributed by atoms with van der Waals surface area (Å²) in [5.41, 5.74) is 17.2. The molecule has 8 nitrogen and oxygen atoms in total. The zero-order chi connectivity index (χ0) is 31.5. The van der Waals surface area contributed by atoms with Gasteiger partial charge in [-0.3, -0.25) is 0 Å². The van der Waals surface area contributed by atoms with E-state index in [2.05, 4.69) is 67.7 Å². The highest BCUT2D eigenvalue weighted by atomic mass is 16.5. The van der Waals surface area contributed by atoms with Crippen molar-refractivity contribution < 1.29 is 18.9 Å². The smallest absolute Gasteiger partial charge is 0.220 e. The maximum atomic E-state index is 6.43. The fraction of sp³-hybridized carbons (Fsp3) is 0.405. The van der Waals surface area contributed by atoms with E-state index in [0.29, 0.717) is 61.7 Å². The van der Waals surface area contributed by atoms with E-state index < -0.39 is 0 Å². The summed E-state index contributed by atoms with van der Waals surface area (Å²) in [4.78, 5) is 9.50. The minimum atomic E-state index is 0.385. The molecule has 0 saturated heterocycles. The molecule has 0 aliphatic heterocycles. The van der Waals surface area contributed by atoms with Gasteiger partial charge in [0.1, 0.15) is 13.2 Å². The summed E-state index contributed by atoms with van der Waals surface area (Å²) >= 11 is 0. The van der Waals surface area contributed by atoms with Gasteiger partial charge >= 0.3 is 0 Å². The maximum absolute atomic E-state index is 6.43. The van der Waals surface area contributed by atoms with Gasteiger partial charge < -0.3 is 30.0 Å². The highest BCUT2D eigenvalue weighted by molar-refractivity contribution is 5.72. The standard InChI is InChI=1S/C37H44N4O4/c1-22-26(20-44-36-32(24-12-13-24)16-28(18-38)34(40-36)42-4)8-6-10-30(22)31-11-7-9-27(23(31)2)21-45-37-33(25-14-15-25)17-29(19-39-3)35(41-37)43-5/h6-11,16-17,24-25,39H,12-15,18-21,38H2,1-5H3. The summed E-state index contributed by atoms with van der Waals surface area (Å²) in [5.74, 6) is 3.43. The SMILES string of the molecule is CNCc1cc(C2CC2)c(OCc2cccc(-c3cccc(COc4nc(OC)c(CN)cc4C4CC4)c3C)c2C)nc1OC. The Bertz CT molecular complexity index is 1680. The minimum absolute atomic E-state index is 0.385. The molecule has 0 radical (unpaired) electrons. The van der Waals surface area contributed by atoms with Gasteiger partial charge in [-0.25, -0.2) is 0 Å². The van der Waals surface area contributed by atoms with Gasteiger partial charge in [-0.1, -0.05) is 36.4 Å². The van der Waals surface area contributed by atoms with Crippen molar-refractivity contribution in [2.24, 2.45) is 5.73 Å². The Morgan fingerprint density at radius 1 is 0.689 bits per heavy atom. The average molecular weight is 609 g/mol. The van der Waals surface area contributed by atoms with Crippen molar-refractivity contribution in [2.75, 3.05) is 21.3 Å². The summed E-state index contributed by atoms with van der Waals surface area (Å²) < 4.78 is 23.9. The molecule has 8 heteroatoms. The van der Waals surface area contributed by atoms with Crippen molar-refractivity contribution in [3.63, 3.8) is 0 Å². The maximum Gasteiger partial charge on any atom is 0.220 e. The Hall–Kier alpha value is -4.14. The molecule has 0 atom stereocenters. The molecule has 6 rings (SSSR count). The lowest BCUT2D eigenvalue weighted by molar-refractivity contribution is 0.282. The molecule has 0 amide bonds. The normalized spacial score (nSPS) is 14.4. The largest absolute Gasteiger partial charge is 0.481 e. The van der Waals surface area contributed by atoms with Crippen LogP contribution in [0.4, 0.5) is 0 Å². The van der Waals surface area contributed by atoms with Crippen molar-refractivity contribution in [3.05, 3.63) is 93.0 Å². The summed E-state index contributed by atoms with van der Waals surface area (Å²) in [5, 5.41) is 3.21. The van der Waals surface area contributed by atoms with Gasteiger partial charge in [0.05, 0.1) is 14.2 Å². The molecule has 45 heavy (non-hydrogen) atoms. The minimum Gasteiger partial charge on any atom is -0.481 e. The Morgan fingerprint density at radius 3 is 1.58 bits per heavy atom. The Kier molecular flexibility index (Phi) is 9.24. The third-order valence-corrected chi connectivity index (χ3v) is 9.03. The third kappa shape index (κ3) is 6.63. The van der Waals surface area contributed by atoms with Gasteiger partial charge in [-0.05, 0) is 104 Å². The predicted octanol–water partition coefficient (Wildman–Crippen LogP) is 6.87. The van der Waals surface area contributed by atoms with Gasteiger partial charge in [0.25, 0.3) is 0 Å². The topological polar surface area (TPSA) is 101 Å². The molecule has 2 aliphatic rings. The first-order valence-corrected chi connectivity index (χ1v) is 15.9. The number of nitrogens with one attached hydrogen (secondary N) is 1. The van der Waals surface area contributed by atoms with Crippen molar-refractivity contribution in [3.8, 4) is 34.6 Å². The van der Waals surface area contributed by atoms with Crippen LogP contribution >= 0.6 is 0 Å². The summed E-state index contributed by atoms with van der Waals surface area (Å²) in [6, 6.07) is 17.1. The lowest BCUT2D eigenvalue weighted by Gasteiger charge is -2.18. The molecule has 2 aromatic carbocycles. The van der Waals surface area contributed by atoms with Crippen LogP contribution in [-0.4, -0.2) is 31.2 Å². The van der Waals surface area contributed by atoms with Crippen LogP contribution < -0.4 is 30.0 Å². The molecule has 0 bridgehead atoms. The molecule has 2 heterocycles. The number of hydrogen-bond donors (Lipinski definition) is 2. The number of ether oxygens (including phenoxy) is 4. The molecule has 236 valence electrons. The van der Waals surface area contributed by atoms with Crippen LogP contribution in [0.2, 0.25) is 0 Å². The molecule has 2 saturated carbocycles. The van der Waals surface area contributed by atoms with E-state index in [-0.39, 0.29) is 0 Å². The summed E-state index contributed by atoms with van der Waals surface area (Å²) in [6.45, 7) is 6.26. The number of aromatic nitrogens is 2. The van der Waals surface area contributed by atoms with E-state index >= 15 is 0 Å². The van der Waals surface area contributed by atoms with Gasteiger partial charge in [0, 0.05) is 35.3 Å². The number of benzene rings is 2. The van der Waals surface area contributed by atoms with Gasteiger partial charge in [0.2, 0.25) is 23.5 Å². The van der Waals surface area contributed by atoms with Crippen molar-refractivity contribution >= 4 is 0 Å². The van der Waals surface area contributed by atoms with Crippen LogP contribution in [0.5, 0.6) is 23.5 Å². The van der Waals surface area contributed by atoms with Crippen molar-refractivity contribution in [1.29, 1.82) is 0 Å². The van der Waals surface area contributed by atoms with E-state index in [1.54, 1.807) is 14.2 Å². The highest BCUT2D eigenvalue weighted by Gasteiger charge is 2.30. The molecule has 4 aromatic rings. The summed E-state index contributed by atoms with van der Waals surface area (Å²) in [7, 11) is 5.22. The number of rotatable bonds is 14. The predicted molar refractivity (Wildman–Crippen MR) is 176 cm³/mol. The van der Waals surface area contributed by atoms with Crippen LogP contribution in [0.25, 0.3) is 11.1 Å². The average Bonchev–Trinajstić information content (AvgIpc) is 3.98. The van der Waals surface area contributed by atoms with Crippen LogP contribution in [0.3, 0.4) is 0 Å². The first kappa shape index (κ1) is 30.9. The van der Waals surface area contributed by atoms with Gasteiger partial charge in [-0.15, -0.1) is 0 Å². The zero-order valence-corrected chi connectivity index (χ0v) is 27.0. The fourth-order valence-electron chi connectivity index (χ4n) is 6.06. The van der Waals surface area contributed by atoms with Crippen LogP contribution in [0.15, 0.2) is 48.5 Å². The molecular formula is C37H44N4O4. The number of nitrogens with zero attached hydrogens (tertiary/aromatic N) is 2. The highest BCUT2D eigenvalue weighted by Crippen LogP contribution is 2.46. The molecular weight excluding hydrogens is 564 g/mol. The quantitative estimate of drug-likeness (QED) is 0.160. The molecule has 0 unspecified atom stereocenters. The Morgan fingerprint density at radius 2 is 1.16 bits per heavy atom. The summed E-state index contributed by atoms with van der Waals surface area (Å²) in [6.07, 6.45) is 4.63. The Balaban J connectivity index is 1.23. The second-order valence-electron chi connectivity index (χ2n) is 12.1. The molecule has 2 fully saturated rings. The van der Waals surface area contributed by atoms with E-state index in [1.807, 2.05) is 7.05 Å². The van der Waals surface area contributed by atoms with Crippen molar-refractivity contribution in [1.82, 2.24) is 15.3 Å². The third-order valence-electron chi connectivity index (χ3n) is 9.03. The van der Waals surface area contributed by atoms with Gasteiger partial charge in [0.15, 0.2) is 0 Å². The van der Waals surface area contributed by atoms with Crippen LogP contribution in [-0.2, 0) is 26.3 Å². The van der Waals surface area contributed by atoms with Crippen LogP contribution in [0.1, 0.15) is 82.0 Å².